The number of aromatic nitrogens is 2. The Morgan fingerprint density at radius 2 is 2.16 bits per heavy atom. The molecule has 1 unspecified atom stereocenters. The molecule has 0 spiro atoms. The second kappa shape index (κ2) is 6.06. The minimum Gasteiger partial charge on any atom is -0.273 e. The second-order valence-corrected chi connectivity index (χ2v) is 6.68. The molecule has 0 amide bonds. The van der Waals surface area contributed by atoms with E-state index in [9.17, 15) is 0 Å². The van der Waals surface area contributed by atoms with Crippen LogP contribution in [0.15, 0.2) is 12.4 Å². The van der Waals surface area contributed by atoms with Crippen molar-refractivity contribution in [3.05, 3.63) is 18.0 Å². The molecule has 1 aliphatic carbocycles. The van der Waals surface area contributed by atoms with Gasteiger partial charge in [-0.05, 0) is 55.9 Å². The van der Waals surface area contributed by atoms with Crippen molar-refractivity contribution in [1.29, 1.82) is 0 Å². The van der Waals surface area contributed by atoms with Crippen LogP contribution < -0.4 is 11.3 Å². The number of nitrogens with one attached hydrogen (secondary N) is 1. The number of hydrogen-bond acceptors (Lipinski definition) is 3. The molecule has 1 fully saturated rings. The third-order valence-corrected chi connectivity index (χ3v) is 4.63. The van der Waals surface area contributed by atoms with Crippen LogP contribution in [0.5, 0.6) is 0 Å². The highest BCUT2D eigenvalue weighted by molar-refractivity contribution is 5.07. The molecule has 0 aliphatic heterocycles. The van der Waals surface area contributed by atoms with Gasteiger partial charge in [0.25, 0.3) is 0 Å². The Labute approximate surface area is 116 Å². The van der Waals surface area contributed by atoms with E-state index >= 15 is 0 Å². The van der Waals surface area contributed by atoms with Crippen molar-refractivity contribution in [2.45, 2.75) is 65.5 Å². The molecule has 1 heterocycles. The van der Waals surface area contributed by atoms with Crippen LogP contribution in [-0.2, 0) is 13.0 Å². The standard InChI is InChI=1S/C15H28N4/c1-4-19-11-12(10-17-19)9-14(18-16)13-5-7-15(2,3)8-6-13/h10-11,13-14,18H,4-9,16H2,1-3H3. The molecule has 108 valence electrons. The Balaban J connectivity index is 1.93. The lowest BCUT2D eigenvalue weighted by Gasteiger charge is -2.37. The lowest BCUT2D eigenvalue weighted by molar-refractivity contribution is 0.161. The van der Waals surface area contributed by atoms with Crippen molar-refractivity contribution < 1.29 is 0 Å². The summed E-state index contributed by atoms with van der Waals surface area (Å²) >= 11 is 0. The highest BCUT2D eigenvalue weighted by Gasteiger charge is 2.31. The number of nitrogens with two attached hydrogens (primary N) is 1. The first-order chi connectivity index (χ1) is 9.04. The molecule has 4 heteroatoms. The van der Waals surface area contributed by atoms with Crippen LogP contribution in [0.25, 0.3) is 0 Å². The average Bonchev–Trinajstić information content (AvgIpc) is 2.84. The van der Waals surface area contributed by atoms with Gasteiger partial charge in [0.15, 0.2) is 0 Å². The van der Waals surface area contributed by atoms with Crippen LogP contribution in [-0.4, -0.2) is 15.8 Å². The SMILES string of the molecule is CCn1cc(CC(NN)C2CCC(C)(C)CC2)cn1. The molecule has 4 nitrogen and oxygen atoms in total. The molecule has 0 radical (unpaired) electrons. The van der Waals surface area contributed by atoms with Crippen molar-refractivity contribution >= 4 is 0 Å². The first-order valence-corrected chi connectivity index (χ1v) is 7.51. The molecule has 1 aromatic heterocycles. The first-order valence-electron chi connectivity index (χ1n) is 7.51. The van der Waals surface area contributed by atoms with Gasteiger partial charge in [-0.1, -0.05) is 13.8 Å². The first kappa shape index (κ1) is 14.5. The maximum Gasteiger partial charge on any atom is 0.0522 e. The summed E-state index contributed by atoms with van der Waals surface area (Å²) in [5.74, 6) is 6.48. The van der Waals surface area contributed by atoms with Gasteiger partial charge in [-0.2, -0.15) is 5.10 Å². The van der Waals surface area contributed by atoms with Crippen molar-refractivity contribution in [2.24, 2.45) is 17.2 Å². The molecule has 1 saturated carbocycles. The minimum absolute atomic E-state index is 0.380. The van der Waals surface area contributed by atoms with Gasteiger partial charge >= 0.3 is 0 Å². The minimum atomic E-state index is 0.380. The van der Waals surface area contributed by atoms with E-state index in [0.717, 1.165) is 13.0 Å². The molecule has 1 atom stereocenters. The molecule has 2 rings (SSSR count). The summed E-state index contributed by atoms with van der Waals surface area (Å²) < 4.78 is 1.98. The highest BCUT2D eigenvalue weighted by atomic mass is 15.3. The largest absolute Gasteiger partial charge is 0.273 e. The van der Waals surface area contributed by atoms with Crippen molar-refractivity contribution in [1.82, 2.24) is 15.2 Å². The maximum atomic E-state index is 5.78. The van der Waals surface area contributed by atoms with E-state index in [1.807, 2.05) is 10.9 Å². The van der Waals surface area contributed by atoms with E-state index < -0.39 is 0 Å². The van der Waals surface area contributed by atoms with Crippen molar-refractivity contribution in [2.75, 3.05) is 0 Å². The zero-order valence-electron chi connectivity index (χ0n) is 12.5. The van der Waals surface area contributed by atoms with E-state index in [2.05, 4.69) is 37.5 Å². The average molecular weight is 264 g/mol. The van der Waals surface area contributed by atoms with E-state index in [1.165, 1.54) is 31.2 Å². The van der Waals surface area contributed by atoms with Crippen LogP contribution in [0.3, 0.4) is 0 Å². The van der Waals surface area contributed by atoms with Crippen molar-refractivity contribution in [3.63, 3.8) is 0 Å². The zero-order valence-corrected chi connectivity index (χ0v) is 12.5. The predicted molar refractivity (Wildman–Crippen MR) is 78.5 cm³/mol. The molecule has 1 aliphatic rings. The topological polar surface area (TPSA) is 55.9 Å². The van der Waals surface area contributed by atoms with Gasteiger partial charge in [0.1, 0.15) is 0 Å². The summed E-state index contributed by atoms with van der Waals surface area (Å²) in [7, 11) is 0. The van der Waals surface area contributed by atoms with Gasteiger partial charge in [0.2, 0.25) is 0 Å². The van der Waals surface area contributed by atoms with Gasteiger partial charge in [-0.15, -0.1) is 0 Å². The number of hydrazine groups is 1. The molecule has 19 heavy (non-hydrogen) atoms. The highest BCUT2D eigenvalue weighted by Crippen LogP contribution is 2.39. The summed E-state index contributed by atoms with van der Waals surface area (Å²) in [6, 6.07) is 0.380. The maximum absolute atomic E-state index is 5.78. The zero-order chi connectivity index (χ0) is 13.9. The van der Waals surface area contributed by atoms with Gasteiger partial charge in [0, 0.05) is 18.8 Å². The van der Waals surface area contributed by atoms with Gasteiger partial charge in [0.05, 0.1) is 6.20 Å². The van der Waals surface area contributed by atoms with Gasteiger partial charge in [-0.3, -0.25) is 16.0 Å². The number of nitrogens with zero attached hydrogens (tertiary/aromatic N) is 2. The van der Waals surface area contributed by atoms with Crippen LogP contribution in [0.1, 0.15) is 52.0 Å². The van der Waals surface area contributed by atoms with E-state index in [4.69, 9.17) is 5.84 Å². The summed E-state index contributed by atoms with van der Waals surface area (Å²) in [5, 5.41) is 4.34. The third kappa shape index (κ3) is 3.80. The lowest BCUT2D eigenvalue weighted by atomic mass is 9.70. The number of hydrogen-bond donors (Lipinski definition) is 2. The second-order valence-electron chi connectivity index (χ2n) is 6.68. The molecule has 0 aromatic carbocycles. The molecule has 1 aromatic rings. The normalized spacial score (nSPS) is 21.5. The Morgan fingerprint density at radius 3 is 2.68 bits per heavy atom. The molecule has 0 saturated heterocycles. The Hall–Kier alpha value is -0.870. The lowest BCUT2D eigenvalue weighted by Crippen LogP contribution is -2.44. The van der Waals surface area contributed by atoms with Crippen LogP contribution in [0.4, 0.5) is 0 Å². The van der Waals surface area contributed by atoms with Crippen LogP contribution in [0.2, 0.25) is 0 Å². The summed E-state index contributed by atoms with van der Waals surface area (Å²) in [5.41, 5.74) is 4.84. The van der Waals surface area contributed by atoms with Crippen LogP contribution >= 0.6 is 0 Å². The molecular formula is C15H28N4. The van der Waals surface area contributed by atoms with E-state index in [-0.39, 0.29) is 0 Å². The third-order valence-electron chi connectivity index (χ3n) is 4.63. The van der Waals surface area contributed by atoms with Gasteiger partial charge in [-0.25, -0.2) is 0 Å². The summed E-state index contributed by atoms with van der Waals surface area (Å²) in [6.07, 6.45) is 10.3. The van der Waals surface area contributed by atoms with E-state index in [1.54, 1.807) is 0 Å². The fourth-order valence-corrected chi connectivity index (χ4v) is 3.12. The Kier molecular flexibility index (Phi) is 4.63. The van der Waals surface area contributed by atoms with Crippen LogP contribution in [0, 0.1) is 11.3 Å². The summed E-state index contributed by atoms with van der Waals surface area (Å²) in [4.78, 5) is 0. The van der Waals surface area contributed by atoms with Crippen molar-refractivity contribution in [3.8, 4) is 0 Å². The number of rotatable bonds is 5. The quantitative estimate of drug-likeness (QED) is 0.634. The Bertz CT molecular complexity index is 387. The smallest absolute Gasteiger partial charge is 0.0522 e. The monoisotopic (exact) mass is 264 g/mol. The van der Waals surface area contributed by atoms with E-state index in [0.29, 0.717) is 17.4 Å². The molecular weight excluding hydrogens is 236 g/mol. The fraction of sp³-hybridized carbons (Fsp3) is 0.800. The van der Waals surface area contributed by atoms with Gasteiger partial charge < -0.3 is 0 Å². The molecule has 0 bridgehead atoms. The Morgan fingerprint density at radius 1 is 1.47 bits per heavy atom. The molecule has 3 N–H and O–H groups in total. The number of aryl methyl sites for hydroxylation is 1. The predicted octanol–water partition coefficient (Wildman–Crippen LogP) is 2.49. The fourth-order valence-electron chi connectivity index (χ4n) is 3.12. The summed E-state index contributed by atoms with van der Waals surface area (Å²) in [6.45, 7) is 7.79.